The fourth-order valence-electron chi connectivity index (χ4n) is 4.01. The molecule has 0 fully saturated rings. The predicted octanol–water partition coefficient (Wildman–Crippen LogP) is 5.39. The molecule has 2 aromatic carbocycles. The molecule has 0 spiro atoms. The van der Waals surface area contributed by atoms with Crippen LogP contribution in [0.5, 0.6) is 17.2 Å². The summed E-state index contributed by atoms with van der Waals surface area (Å²) < 4.78 is 35.1. The Kier molecular flexibility index (Phi) is 14.8. The van der Waals surface area contributed by atoms with E-state index in [1.54, 1.807) is 12.1 Å². The average Bonchev–Trinajstić information content (AvgIpc) is 2.75. The van der Waals surface area contributed by atoms with Crippen molar-refractivity contribution in [2.75, 3.05) is 19.8 Å². The molecule has 202 valence electrons. The SMILES string of the molecule is CCOC(C)Oc1cc(OC(C)OCC)c(PC(=O)c2c(C)cc(C)cc2C)c(OC(C)OCC)c1.[LiH]. The van der Waals surface area contributed by atoms with Crippen LogP contribution in [-0.2, 0) is 14.2 Å². The molecule has 0 bridgehead atoms. The third-order valence-corrected chi connectivity index (χ3v) is 6.49. The van der Waals surface area contributed by atoms with Gasteiger partial charge >= 0.3 is 18.9 Å². The van der Waals surface area contributed by atoms with E-state index in [0.29, 0.717) is 42.4 Å². The second-order valence-electron chi connectivity index (χ2n) is 8.44. The summed E-state index contributed by atoms with van der Waals surface area (Å²) in [6.45, 7) is 18.6. The maximum absolute atomic E-state index is 13.6. The quantitative estimate of drug-likeness (QED) is 0.174. The Morgan fingerprint density at radius 3 is 1.54 bits per heavy atom. The van der Waals surface area contributed by atoms with Crippen molar-refractivity contribution in [2.24, 2.45) is 0 Å². The van der Waals surface area contributed by atoms with Gasteiger partial charge in [0.05, 0.1) is 5.30 Å². The van der Waals surface area contributed by atoms with Gasteiger partial charge in [-0.25, -0.2) is 0 Å². The van der Waals surface area contributed by atoms with Crippen molar-refractivity contribution in [3.8, 4) is 17.2 Å². The number of hydrogen-bond donors (Lipinski definition) is 0. The molecule has 0 saturated carbocycles. The predicted molar refractivity (Wildman–Crippen MR) is 152 cm³/mol. The van der Waals surface area contributed by atoms with Gasteiger partial charge < -0.3 is 28.4 Å². The van der Waals surface area contributed by atoms with Crippen molar-refractivity contribution in [3.05, 3.63) is 46.5 Å². The van der Waals surface area contributed by atoms with Crippen LogP contribution >= 0.6 is 8.58 Å². The molecule has 0 heterocycles. The topological polar surface area (TPSA) is 72.5 Å². The van der Waals surface area contributed by atoms with Gasteiger partial charge in [0.15, 0.2) is 24.4 Å². The van der Waals surface area contributed by atoms with Gasteiger partial charge in [-0.1, -0.05) is 17.7 Å². The number of rotatable bonds is 15. The standard InChI is InChI=1S/C28H41O7P.Li.H/c1-10-30-20(7)33-23-15-24(34-21(8)31-11-2)27(25(16-23)35-22(9)32-12-3)36-28(29)26-18(5)13-17(4)14-19(26)6;;/h13-16,20-22,36H,10-12H2,1-9H3;;. The van der Waals surface area contributed by atoms with Crippen LogP contribution in [0.15, 0.2) is 24.3 Å². The first-order valence-corrected chi connectivity index (χ1v) is 13.5. The summed E-state index contributed by atoms with van der Waals surface area (Å²) in [5.74, 6) is 1.42. The van der Waals surface area contributed by atoms with Crippen molar-refractivity contribution in [1.29, 1.82) is 0 Å². The van der Waals surface area contributed by atoms with E-state index in [1.165, 1.54) is 0 Å². The van der Waals surface area contributed by atoms with E-state index in [-0.39, 0.29) is 33.0 Å². The number of hydrogen-bond acceptors (Lipinski definition) is 7. The third kappa shape index (κ3) is 10.2. The van der Waals surface area contributed by atoms with Crippen LogP contribution in [0.25, 0.3) is 0 Å². The molecule has 4 unspecified atom stereocenters. The number of carbonyl (C=O) groups is 1. The van der Waals surface area contributed by atoms with E-state index in [0.717, 1.165) is 22.3 Å². The van der Waals surface area contributed by atoms with E-state index in [4.69, 9.17) is 28.4 Å². The summed E-state index contributed by atoms with van der Waals surface area (Å²) in [5.41, 5.74) is 3.75. The van der Waals surface area contributed by atoms with Crippen molar-refractivity contribution in [3.63, 3.8) is 0 Å². The zero-order valence-electron chi connectivity index (χ0n) is 23.0. The van der Waals surface area contributed by atoms with E-state index in [2.05, 4.69) is 0 Å². The summed E-state index contributed by atoms with van der Waals surface area (Å²) >= 11 is 0. The third-order valence-electron chi connectivity index (χ3n) is 5.27. The van der Waals surface area contributed by atoms with Gasteiger partial charge in [-0.15, -0.1) is 0 Å². The van der Waals surface area contributed by atoms with Gasteiger partial charge in [0.25, 0.3) is 0 Å². The molecule has 2 rings (SSSR count). The Hall–Kier alpha value is -1.58. The van der Waals surface area contributed by atoms with Crippen LogP contribution in [-0.4, -0.2) is 63.1 Å². The summed E-state index contributed by atoms with van der Waals surface area (Å²) in [5, 5.41) is 0.633. The van der Waals surface area contributed by atoms with Crippen LogP contribution < -0.4 is 19.5 Å². The number of carbonyl (C=O) groups excluding carboxylic acids is 1. The second kappa shape index (κ2) is 16.4. The van der Waals surface area contributed by atoms with Crippen molar-refractivity contribution in [2.45, 2.75) is 81.2 Å². The Morgan fingerprint density at radius 2 is 1.14 bits per heavy atom. The average molecular weight is 529 g/mol. The molecule has 7 nitrogen and oxygen atoms in total. The molecule has 37 heavy (non-hydrogen) atoms. The van der Waals surface area contributed by atoms with Crippen molar-refractivity contribution < 1.29 is 33.2 Å². The fraction of sp³-hybridized carbons (Fsp3) is 0.536. The fourth-order valence-corrected chi connectivity index (χ4v) is 5.27. The van der Waals surface area contributed by atoms with Crippen LogP contribution in [0.2, 0.25) is 0 Å². The molecule has 9 heteroatoms. The molecule has 0 amide bonds. The number of aryl methyl sites for hydroxylation is 3. The molecular formula is C28H42LiO7P. The normalized spacial score (nSPS) is 13.6. The van der Waals surface area contributed by atoms with Crippen LogP contribution in [0, 0.1) is 20.8 Å². The van der Waals surface area contributed by atoms with Gasteiger partial charge in [0, 0.05) is 37.5 Å². The van der Waals surface area contributed by atoms with E-state index in [9.17, 15) is 4.79 Å². The zero-order chi connectivity index (χ0) is 26.8. The van der Waals surface area contributed by atoms with Gasteiger partial charge in [0.2, 0.25) is 0 Å². The molecular weight excluding hydrogens is 486 g/mol. The Labute approximate surface area is 235 Å². The van der Waals surface area contributed by atoms with Gasteiger partial charge in [-0.2, -0.15) is 0 Å². The number of benzene rings is 2. The Balaban J connectivity index is 0.00000684. The summed E-state index contributed by atoms with van der Waals surface area (Å²) in [4.78, 5) is 13.6. The first-order chi connectivity index (χ1) is 17.1. The monoisotopic (exact) mass is 528 g/mol. The first kappa shape index (κ1) is 33.4. The molecule has 0 aliphatic carbocycles. The van der Waals surface area contributed by atoms with Gasteiger partial charge in [-0.3, -0.25) is 4.79 Å². The minimum absolute atomic E-state index is 0. The molecule has 0 saturated heterocycles. The van der Waals surface area contributed by atoms with Crippen molar-refractivity contribution >= 4 is 38.3 Å². The van der Waals surface area contributed by atoms with E-state index >= 15 is 0 Å². The van der Waals surface area contributed by atoms with Gasteiger partial charge in [0.1, 0.15) is 17.2 Å². The van der Waals surface area contributed by atoms with Gasteiger partial charge in [-0.05, 0) is 82.0 Å². The Bertz CT molecular complexity index is 956. The molecule has 0 aliphatic rings. The van der Waals surface area contributed by atoms with Crippen LogP contribution in [0.1, 0.15) is 68.6 Å². The number of ether oxygens (including phenoxy) is 6. The zero-order valence-corrected chi connectivity index (χ0v) is 24.0. The maximum atomic E-state index is 13.6. The molecule has 2 aromatic rings. The van der Waals surface area contributed by atoms with E-state index in [1.807, 2.05) is 74.4 Å². The molecule has 0 N–H and O–H groups in total. The summed E-state index contributed by atoms with van der Waals surface area (Å²) in [6, 6.07) is 7.57. The summed E-state index contributed by atoms with van der Waals surface area (Å²) in [6.07, 6.45) is -1.54. The van der Waals surface area contributed by atoms with Crippen LogP contribution in [0.4, 0.5) is 0 Å². The van der Waals surface area contributed by atoms with E-state index < -0.39 is 18.9 Å². The molecule has 0 aromatic heterocycles. The minimum atomic E-state index is -0.534. The molecule has 4 atom stereocenters. The molecule has 0 radical (unpaired) electrons. The first-order valence-electron chi connectivity index (χ1n) is 12.5. The summed E-state index contributed by atoms with van der Waals surface area (Å²) in [7, 11) is -0.248. The Morgan fingerprint density at radius 1 is 0.730 bits per heavy atom. The van der Waals surface area contributed by atoms with Crippen molar-refractivity contribution in [1.82, 2.24) is 0 Å². The van der Waals surface area contributed by atoms with Crippen LogP contribution in [0.3, 0.4) is 0 Å². The molecule has 0 aliphatic heterocycles. The second-order valence-corrected chi connectivity index (χ2v) is 9.65.